The van der Waals surface area contributed by atoms with Crippen molar-refractivity contribution in [1.82, 2.24) is 4.90 Å². The second-order valence-electron chi connectivity index (χ2n) is 6.20. The van der Waals surface area contributed by atoms with E-state index in [0.29, 0.717) is 0 Å². The van der Waals surface area contributed by atoms with Crippen molar-refractivity contribution in [2.45, 2.75) is 0 Å². The fourth-order valence-corrected chi connectivity index (χ4v) is 3.12. The summed E-state index contributed by atoms with van der Waals surface area (Å²) in [5.41, 5.74) is 2.90. The van der Waals surface area contributed by atoms with Crippen LogP contribution in [-0.4, -0.2) is 51.1 Å². The van der Waals surface area contributed by atoms with Gasteiger partial charge >= 0.3 is 0 Å². The number of amides is 1. The van der Waals surface area contributed by atoms with E-state index < -0.39 is 0 Å². The van der Waals surface area contributed by atoms with E-state index in [1.807, 2.05) is 66.4 Å². The van der Waals surface area contributed by atoms with E-state index in [1.165, 1.54) is 0 Å². The maximum atomic E-state index is 12.7. The second-order valence-corrected chi connectivity index (χ2v) is 6.64. The lowest BCUT2D eigenvalue weighted by molar-refractivity contribution is 0.0747. The van der Waals surface area contributed by atoms with Gasteiger partial charge in [-0.1, -0.05) is 23.7 Å². The molecule has 126 valence electrons. The van der Waals surface area contributed by atoms with Crippen molar-refractivity contribution >= 4 is 28.9 Å². The summed E-state index contributed by atoms with van der Waals surface area (Å²) in [5.74, 6) is 0.101. The van der Waals surface area contributed by atoms with Gasteiger partial charge in [-0.15, -0.1) is 0 Å². The van der Waals surface area contributed by atoms with Gasteiger partial charge in [0.25, 0.3) is 5.91 Å². The van der Waals surface area contributed by atoms with E-state index in [-0.39, 0.29) is 5.91 Å². The number of anilines is 2. The van der Waals surface area contributed by atoms with Gasteiger partial charge in [-0.05, 0) is 36.4 Å². The number of hydrogen-bond acceptors (Lipinski definition) is 3. The number of carbonyl (C=O) groups excluding carboxylic acids is 1. The summed E-state index contributed by atoms with van der Waals surface area (Å²) in [6, 6.07) is 15.6. The van der Waals surface area contributed by atoms with Crippen molar-refractivity contribution in [3.63, 3.8) is 0 Å². The average molecular weight is 344 g/mol. The topological polar surface area (TPSA) is 26.8 Å². The van der Waals surface area contributed by atoms with Gasteiger partial charge in [0.2, 0.25) is 0 Å². The van der Waals surface area contributed by atoms with Crippen LogP contribution in [0.15, 0.2) is 48.5 Å². The molecule has 1 amide bonds. The van der Waals surface area contributed by atoms with Gasteiger partial charge < -0.3 is 14.7 Å². The molecule has 0 N–H and O–H groups in total. The molecule has 0 spiro atoms. The zero-order chi connectivity index (χ0) is 17.1. The van der Waals surface area contributed by atoms with Gasteiger partial charge in [0, 0.05) is 62.2 Å². The van der Waals surface area contributed by atoms with Crippen molar-refractivity contribution in [2.24, 2.45) is 0 Å². The molecule has 0 bridgehead atoms. The Kier molecular flexibility index (Phi) is 4.95. The summed E-state index contributed by atoms with van der Waals surface area (Å²) in [7, 11) is 3.96. The summed E-state index contributed by atoms with van der Waals surface area (Å²) in [4.78, 5) is 18.9. The number of halogens is 1. The molecule has 1 aliphatic heterocycles. The Balaban J connectivity index is 1.66. The van der Waals surface area contributed by atoms with Crippen LogP contribution >= 0.6 is 11.6 Å². The number of benzene rings is 2. The molecule has 4 nitrogen and oxygen atoms in total. The summed E-state index contributed by atoms with van der Waals surface area (Å²) in [6.45, 7) is 3.08. The Bertz CT molecular complexity index is 724. The Labute approximate surface area is 148 Å². The van der Waals surface area contributed by atoms with Crippen LogP contribution in [-0.2, 0) is 0 Å². The van der Waals surface area contributed by atoms with Crippen molar-refractivity contribution in [3.05, 3.63) is 59.1 Å². The van der Waals surface area contributed by atoms with Crippen LogP contribution in [0, 0.1) is 0 Å². The Hall–Kier alpha value is -2.20. The normalized spacial score (nSPS) is 14.6. The van der Waals surface area contributed by atoms with Crippen LogP contribution in [0.5, 0.6) is 0 Å². The predicted molar refractivity (Wildman–Crippen MR) is 100 cm³/mol. The molecule has 0 atom stereocenters. The molecule has 3 rings (SSSR count). The number of carbonyl (C=O) groups is 1. The van der Waals surface area contributed by atoms with Gasteiger partial charge in [-0.3, -0.25) is 4.79 Å². The van der Waals surface area contributed by atoms with E-state index in [4.69, 9.17) is 11.6 Å². The first kappa shape index (κ1) is 16.7. The van der Waals surface area contributed by atoms with Crippen LogP contribution in [0.4, 0.5) is 11.4 Å². The largest absolute Gasteiger partial charge is 0.378 e. The Morgan fingerprint density at radius 1 is 1.00 bits per heavy atom. The quantitative estimate of drug-likeness (QED) is 0.855. The van der Waals surface area contributed by atoms with Crippen molar-refractivity contribution in [2.75, 3.05) is 50.1 Å². The minimum absolute atomic E-state index is 0.101. The lowest BCUT2D eigenvalue weighted by Gasteiger charge is -2.36. The molecular weight excluding hydrogens is 322 g/mol. The Morgan fingerprint density at radius 2 is 1.71 bits per heavy atom. The molecule has 1 fully saturated rings. The molecule has 2 aromatic carbocycles. The van der Waals surface area contributed by atoms with Gasteiger partial charge in [-0.2, -0.15) is 0 Å². The highest BCUT2D eigenvalue weighted by Gasteiger charge is 2.22. The van der Waals surface area contributed by atoms with Gasteiger partial charge in [0.15, 0.2) is 0 Å². The first-order chi connectivity index (χ1) is 11.5. The van der Waals surface area contributed by atoms with E-state index in [9.17, 15) is 4.79 Å². The van der Waals surface area contributed by atoms with E-state index >= 15 is 0 Å². The molecule has 1 heterocycles. The fourth-order valence-electron chi connectivity index (χ4n) is 2.94. The highest BCUT2D eigenvalue weighted by molar-refractivity contribution is 6.30. The zero-order valence-corrected chi connectivity index (χ0v) is 14.8. The number of nitrogens with zero attached hydrogens (tertiary/aromatic N) is 3. The molecule has 0 unspecified atom stereocenters. The third-order valence-electron chi connectivity index (χ3n) is 4.35. The lowest BCUT2D eigenvalue weighted by Crippen LogP contribution is -2.48. The zero-order valence-electron chi connectivity index (χ0n) is 14.1. The summed E-state index contributed by atoms with van der Waals surface area (Å²) in [6.07, 6.45) is 0. The molecule has 0 saturated carbocycles. The van der Waals surface area contributed by atoms with Crippen LogP contribution in [0.25, 0.3) is 0 Å². The summed E-state index contributed by atoms with van der Waals surface area (Å²) >= 11 is 6.07. The first-order valence-electron chi connectivity index (χ1n) is 8.12. The van der Waals surface area contributed by atoms with Gasteiger partial charge in [0.05, 0.1) is 0 Å². The summed E-state index contributed by atoms with van der Waals surface area (Å²) < 4.78 is 0. The SMILES string of the molecule is CN(C)c1cccc(C(=O)N2CCN(c3cccc(Cl)c3)CC2)c1. The van der Waals surface area contributed by atoms with Crippen molar-refractivity contribution < 1.29 is 4.79 Å². The minimum Gasteiger partial charge on any atom is -0.378 e. The van der Waals surface area contributed by atoms with Crippen LogP contribution in [0.2, 0.25) is 5.02 Å². The van der Waals surface area contributed by atoms with Crippen molar-refractivity contribution in [3.8, 4) is 0 Å². The van der Waals surface area contributed by atoms with E-state index in [1.54, 1.807) is 0 Å². The Morgan fingerprint density at radius 3 is 2.38 bits per heavy atom. The third-order valence-corrected chi connectivity index (χ3v) is 4.58. The molecule has 24 heavy (non-hydrogen) atoms. The number of piperazine rings is 1. The van der Waals surface area contributed by atoms with Crippen LogP contribution < -0.4 is 9.80 Å². The lowest BCUT2D eigenvalue weighted by atomic mass is 10.1. The molecule has 5 heteroatoms. The molecule has 0 aliphatic carbocycles. The number of rotatable bonds is 3. The highest BCUT2D eigenvalue weighted by atomic mass is 35.5. The van der Waals surface area contributed by atoms with Crippen LogP contribution in [0.3, 0.4) is 0 Å². The number of hydrogen-bond donors (Lipinski definition) is 0. The summed E-state index contributed by atoms with van der Waals surface area (Å²) in [5, 5.41) is 0.742. The third kappa shape index (κ3) is 3.65. The van der Waals surface area contributed by atoms with E-state index in [2.05, 4.69) is 11.0 Å². The van der Waals surface area contributed by atoms with Gasteiger partial charge in [0.1, 0.15) is 0 Å². The standard InChI is InChI=1S/C19H22ClN3O/c1-21(2)17-7-3-5-15(13-17)19(24)23-11-9-22(10-12-23)18-8-4-6-16(20)14-18/h3-8,13-14H,9-12H2,1-2H3. The maximum absolute atomic E-state index is 12.7. The minimum atomic E-state index is 0.101. The predicted octanol–water partition coefficient (Wildman–Crippen LogP) is 3.37. The van der Waals surface area contributed by atoms with Gasteiger partial charge in [-0.25, -0.2) is 0 Å². The molecule has 1 aliphatic rings. The second kappa shape index (κ2) is 7.14. The average Bonchev–Trinajstić information content (AvgIpc) is 2.61. The highest BCUT2D eigenvalue weighted by Crippen LogP contribution is 2.22. The molecule has 2 aromatic rings. The molecule has 0 radical (unpaired) electrons. The molecular formula is C19H22ClN3O. The van der Waals surface area contributed by atoms with Crippen LogP contribution in [0.1, 0.15) is 10.4 Å². The first-order valence-corrected chi connectivity index (χ1v) is 8.49. The smallest absolute Gasteiger partial charge is 0.254 e. The molecule has 1 saturated heterocycles. The monoisotopic (exact) mass is 343 g/mol. The molecule has 0 aromatic heterocycles. The maximum Gasteiger partial charge on any atom is 0.254 e. The van der Waals surface area contributed by atoms with Crippen molar-refractivity contribution in [1.29, 1.82) is 0 Å². The fraction of sp³-hybridized carbons (Fsp3) is 0.316. The van der Waals surface area contributed by atoms with E-state index in [0.717, 1.165) is 48.1 Å².